The molecule has 0 atom stereocenters. The zero-order chi connectivity index (χ0) is 16.9. The molecule has 0 radical (unpaired) electrons. The Morgan fingerprint density at radius 3 is 3.08 bits per heavy atom. The van der Waals surface area contributed by atoms with Gasteiger partial charge in [0.2, 0.25) is 0 Å². The van der Waals surface area contributed by atoms with E-state index in [-0.39, 0.29) is 5.91 Å². The van der Waals surface area contributed by atoms with Crippen LogP contribution in [0.3, 0.4) is 0 Å². The van der Waals surface area contributed by atoms with Crippen LogP contribution < -0.4 is 5.32 Å². The Bertz CT molecular complexity index is 682. The number of aromatic nitrogens is 3. The molecule has 3 heterocycles. The lowest BCUT2D eigenvalue weighted by molar-refractivity contribution is 0.0943. The number of amides is 1. The first kappa shape index (κ1) is 16.6. The molecule has 0 fully saturated rings. The van der Waals surface area contributed by atoms with Crippen LogP contribution in [0.15, 0.2) is 24.5 Å². The van der Waals surface area contributed by atoms with E-state index in [0.29, 0.717) is 12.2 Å². The first-order valence-electron chi connectivity index (χ1n) is 8.24. The minimum absolute atomic E-state index is 0.0995. The molecule has 0 unspecified atom stereocenters. The Kier molecular flexibility index (Phi) is 5.22. The van der Waals surface area contributed by atoms with E-state index in [2.05, 4.69) is 31.5 Å². The van der Waals surface area contributed by atoms with Crippen molar-refractivity contribution >= 4 is 5.91 Å². The van der Waals surface area contributed by atoms with Gasteiger partial charge in [-0.3, -0.25) is 19.8 Å². The number of fused-ring (bicyclic) bond motifs is 1. The van der Waals surface area contributed by atoms with Gasteiger partial charge in [-0.15, -0.1) is 0 Å². The number of likely N-dealkylation sites (N-methyl/N-ethyl adjacent to an activating group) is 1. The number of aromatic amines is 1. The molecule has 7 nitrogen and oxygen atoms in total. The van der Waals surface area contributed by atoms with E-state index < -0.39 is 0 Å². The summed E-state index contributed by atoms with van der Waals surface area (Å²) in [5.41, 5.74) is 3.81. The lowest BCUT2D eigenvalue weighted by Crippen LogP contribution is -2.34. The number of hydrogen-bond acceptors (Lipinski definition) is 5. The van der Waals surface area contributed by atoms with Crippen molar-refractivity contribution in [3.05, 3.63) is 47.0 Å². The van der Waals surface area contributed by atoms with Gasteiger partial charge in [0, 0.05) is 62.8 Å². The normalized spacial score (nSPS) is 14.6. The SMILES string of the molecule is CN(C)CCNC(=O)c1n[nH]c2c1CN(Cc1cccnc1)CC2. The molecular weight excluding hydrogens is 304 g/mol. The third-order valence-corrected chi connectivity index (χ3v) is 4.20. The van der Waals surface area contributed by atoms with Crippen molar-refractivity contribution in [3.63, 3.8) is 0 Å². The van der Waals surface area contributed by atoms with Gasteiger partial charge < -0.3 is 10.2 Å². The van der Waals surface area contributed by atoms with Crippen LogP contribution in [0.5, 0.6) is 0 Å². The topological polar surface area (TPSA) is 77.2 Å². The fourth-order valence-electron chi connectivity index (χ4n) is 2.90. The van der Waals surface area contributed by atoms with Crippen LogP contribution in [0.2, 0.25) is 0 Å². The second-order valence-electron chi connectivity index (χ2n) is 6.41. The summed E-state index contributed by atoms with van der Waals surface area (Å²) in [5, 5.41) is 10.2. The van der Waals surface area contributed by atoms with Crippen LogP contribution in [-0.4, -0.2) is 64.6 Å². The number of pyridine rings is 1. The number of rotatable bonds is 6. The van der Waals surface area contributed by atoms with Crippen molar-refractivity contribution in [2.75, 3.05) is 33.7 Å². The average Bonchev–Trinajstić information content (AvgIpc) is 2.98. The van der Waals surface area contributed by atoms with Gasteiger partial charge in [0.25, 0.3) is 5.91 Å². The molecule has 128 valence electrons. The Hall–Kier alpha value is -2.25. The molecule has 0 spiro atoms. The van der Waals surface area contributed by atoms with Gasteiger partial charge in [0.1, 0.15) is 0 Å². The van der Waals surface area contributed by atoms with Crippen LogP contribution in [-0.2, 0) is 19.5 Å². The third kappa shape index (κ3) is 3.98. The average molecular weight is 328 g/mol. The number of carbonyl (C=O) groups is 1. The maximum atomic E-state index is 12.4. The summed E-state index contributed by atoms with van der Waals surface area (Å²) in [4.78, 5) is 20.9. The molecule has 1 aliphatic heterocycles. The van der Waals surface area contributed by atoms with E-state index in [4.69, 9.17) is 0 Å². The van der Waals surface area contributed by atoms with Crippen molar-refractivity contribution < 1.29 is 4.79 Å². The zero-order valence-electron chi connectivity index (χ0n) is 14.2. The Labute approximate surface area is 142 Å². The summed E-state index contributed by atoms with van der Waals surface area (Å²) in [7, 11) is 3.97. The fraction of sp³-hybridized carbons (Fsp3) is 0.471. The second kappa shape index (κ2) is 7.55. The summed E-state index contributed by atoms with van der Waals surface area (Å²) in [6.45, 7) is 3.95. The van der Waals surface area contributed by atoms with Gasteiger partial charge >= 0.3 is 0 Å². The molecule has 0 saturated heterocycles. The number of hydrogen-bond donors (Lipinski definition) is 2. The van der Waals surface area contributed by atoms with E-state index in [1.54, 1.807) is 6.20 Å². The van der Waals surface area contributed by atoms with E-state index in [0.717, 1.165) is 43.9 Å². The summed E-state index contributed by atoms with van der Waals surface area (Å²) in [6.07, 6.45) is 4.55. The highest BCUT2D eigenvalue weighted by atomic mass is 16.1. The maximum Gasteiger partial charge on any atom is 0.272 e. The number of H-pyrrole nitrogens is 1. The molecule has 0 aliphatic carbocycles. The van der Waals surface area contributed by atoms with Gasteiger partial charge in [0.15, 0.2) is 5.69 Å². The van der Waals surface area contributed by atoms with E-state index in [1.165, 1.54) is 5.56 Å². The molecule has 2 aromatic rings. The maximum absolute atomic E-state index is 12.4. The van der Waals surface area contributed by atoms with Crippen LogP contribution in [0.1, 0.15) is 27.3 Å². The monoisotopic (exact) mass is 328 g/mol. The Balaban J connectivity index is 1.65. The Morgan fingerprint density at radius 2 is 2.33 bits per heavy atom. The Morgan fingerprint density at radius 1 is 1.46 bits per heavy atom. The van der Waals surface area contributed by atoms with Crippen molar-refractivity contribution in [2.45, 2.75) is 19.5 Å². The molecule has 7 heteroatoms. The lowest BCUT2D eigenvalue weighted by atomic mass is 10.0. The van der Waals surface area contributed by atoms with Crippen molar-refractivity contribution in [1.82, 2.24) is 30.3 Å². The zero-order valence-corrected chi connectivity index (χ0v) is 14.2. The van der Waals surface area contributed by atoms with Gasteiger partial charge in [-0.2, -0.15) is 5.10 Å². The summed E-state index contributed by atoms with van der Waals surface area (Å²) < 4.78 is 0. The molecule has 3 rings (SSSR count). The van der Waals surface area contributed by atoms with Gasteiger partial charge in [-0.05, 0) is 25.7 Å². The van der Waals surface area contributed by atoms with Crippen LogP contribution >= 0.6 is 0 Å². The minimum atomic E-state index is -0.0995. The highest BCUT2D eigenvalue weighted by Crippen LogP contribution is 2.21. The molecule has 2 N–H and O–H groups in total. The molecule has 0 bridgehead atoms. The van der Waals surface area contributed by atoms with Crippen LogP contribution in [0.4, 0.5) is 0 Å². The summed E-state index contributed by atoms with van der Waals surface area (Å²) in [6, 6.07) is 4.03. The summed E-state index contributed by atoms with van der Waals surface area (Å²) >= 11 is 0. The predicted octanol–water partition coefficient (Wildman–Crippen LogP) is 0.654. The first-order valence-corrected chi connectivity index (χ1v) is 8.24. The molecule has 24 heavy (non-hydrogen) atoms. The van der Waals surface area contributed by atoms with Crippen molar-refractivity contribution in [2.24, 2.45) is 0 Å². The fourth-order valence-corrected chi connectivity index (χ4v) is 2.90. The molecule has 1 aliphatic rings. The largest absolute Gasteiger partial charge is 0.349 e. The highest BCUT2D eigenvalue weighted by molar-refractivity contribution is 5.94. The third-order valence-electron chi connectivity index (χ3n) is 4.20. The van der Waals surface area contributed by atoms with E-state index in [1.807, 2.05) is 31.3 Å². The van der Waals surface area contributed by atoms with Gasteiger partial charge in [-0.1, -0.05) is 6.07 Å². The predicted molar refractivity (Wildman–Crippen MR) is 91.5 cm³/mol. The first-order chi connectivity index (χ1) is 11.6. The standard InChI is InChI=1S/C17H24N6O/c1-22(2)9-7-19-17(24)16-14-12-23(8-5-15(14)20-21-16)11-13-4-3-6-18-10-13/h3-4,6,10H,5,7-9,11-12H2,1-2H3,(H,19,24)(H,20,21). The van der Waals surface area contributed by atoms with Crippen molar-refractivity contribution in [1.29, 1.82) is 0 Å². The smallest absolute Gasteiger partial charge is 0.272 e. The van der Waals surface area contributed by atoms with E-state index >= 15 is 0 Å². The van der Waals surface area contributed by atoms with Crippen LogP contribution in [0.25, 0.3) is 0 Å². The number of carbonyl (C=O) groups excluding carboxylic acids is 1. The van der Waals surface area contributed by atoms with Gasteiger partial charge in [-0.25, -0.2) is 0 Å². The number of nitrogens with zero attached hydrogens (tertiary/aromatic N) is 4. The molecular formula is C17H24N6O. The highest BCUT2D eigenvalue weighted by Gasteiger charge is 2.25. The van der Waals surface area contributed by atoms with Crippen molar-refractivity contribution in [3.8, 4) is 0 Å². The van der Waals surface area contributed by atoms with Gasteiger partial charge in [0.05, 0.1) is 0 Å². The lowest BCUT2D eigenvalue weighted by Gasteiger charge is -2.26. The minimum Gasteiger partial charge on any atom is -0.349 e. The van der Waals surface area contributed by atoms with Crippen LogP contribution in [0, 0.1) is 0 Å². The molecule has 0 aromatic carbocycles. The molecule has 2 aromatic heterocycles. The molecule has 1 amide bonds. The number of nitrogens with one attached hydrogen (secondary N) is 2. The quantitative estimate of drug-likeness (QED) is 0.814. The van der Waals surface area contributed by atoms with E-state index in [9.17, 15) is 4.79 Å². The summed E-state index contributed by atoms with van der Waals surface area (Å²) in [5.74, 6) is -0.0995. The second-order valence-corrected chi connectivity index (χ2v) is 6.41. The molecule has 0 saturated carbocycles.